The summed E-state index contributed by atoms with van der Waals surface area (Å²) in [6, 6.07) is 2.42. The molecule has 0 aromatic carbocycles. The first-order chi connectivity index (χ1) is 7.24. The highest BCUT2D eigenvalue weighted by Gasteiger charge is 2.13. The topological polar surface area (TPSA) is 49.8 Å². The molecule has 0 atom stereocenters. The summed E-state index contributed by atoms with van der Waals surface area (Å²) in [4.78, 5) is 8.18. The van der Waals surface area contributed by atoms with E-state index >= 15 is 0 Å². The number of hydrogen-bond acceptors (Lipinski definition) is 4. The second-order valence-electron chi connectivity index (χ2n) is 3.83. The zero-order valence-electron chi connectivity index (χ0n) is 9.16. The zero-order chi connectivity index (χ0) is 10.7. The van der Waals surface area contributed by atoms with Crippen LogP contribution in [0.1, 0.15) is 18.5 Å². The molecule has 2 rings (SSSR count). The number of rotatable bonds is 2. The van der Waals surface area contributed by atoms with Crippen LogP contribution in [0.3, 0.4) is 0 Å². The van der Waals surface area contributed by atoms with Gasteiger partial charge in [0.15, 0.2) is 0 Å². The molecule has 2 heterocycles. The average molecular weight is 263 g/mol. The van der Waals surface area contributed by atoms with Crippen molar-refractivity contribution in [2.45, 2.75) is 25.8 Å². The number of aryl methyl sites for hydroxylation is 1. The molecule has 90 valence electrons. The van der Waals surface area contributed by atoms with Gasteiger partial charge >= 0.3 is 0 Å². The Balaban J connectivity index is 0.00000128. The molecular formula is C10H16Cl2N4. The van der Waals surface area contributed by atoms with E-state index in [-0.39, 0.29) is 12.4 Å². The smallest absolute Gasteiger partial charge is 0.224 e. The first-order valence-electron chi connectivity index (χ1n) is 5.22. The number of halogens is 2. The Kier molecular flexibility index (Phi) is 5.25. The molecule has 0 saturated carbocycles. The number of aromatic nitrogens is 2. The van der Waals surface area contributed by atoms with Gasteiger partial charge in [0.1, 0.15) is 5.82 Å². The van der Waals surface area contributed by atoms with E-state index in [1.165, 1.54) is 0 Å². The third-order valence-electron chi connectivity index (χ3n) is 2.52. The maximum atomic E-state index is 5.79. The lowest BCUT2D eigenvalue weighted by Gasteiger charge is -2.24. The molecule has 16 heavy (non-hydrogen) atoms. The van der Waals surface area contributed by atoms with Crippen LogP contribution in [0.2, 0.25) is 5.28 Å². The minimum atomic E-state index is 0. The van der Waals surface area contributed by atoms with Crippen LogP contribution < -0.4 is 10.6 Å². The Bertz CT molecular complexity index is 319. The molecule has 1 aromatic heterocycles. The Morgan fingerprint density at radius 3 is 2.69 bits per heavy atom. The highest BCUT2D eigenvalue weighted by atomic mass is 35.5. The number of nitrogens with one attached hydrogen (secondary N) is 2. The molecule has 1 aliphatic heterocycles. The lowest BCUT2D eigenvalue weighted by molar-refractivity contribution is 0.478. The van der Waals surface area contributed by atoms with E-state index in [9.17, 15) is 0 Å². The molecule has 0 amide bonds. The molecule has 2 N–H and O–H groups in total. The summed E-state index contributed by atoms with van der Waals surface area (Å²) in [6.07, 6.45) is 2.25. The van der Waals surface area contributed by atoms with Gasteiger partial charge in [0.05, 0.1) is 0 Å². The summed E-state index contributed by atoms with van der Waals surface area (Å²) in [5.74, 6) is 0.833. The molecule has 1 saturated heterocycles. The van der Waals surface area contributed by atoms with Crippen molar-refractivity contribution < 1.29 is 0 Å². The number of piperidine rings is 1. The van der Waals surface area contributed by atoms with Crippen LogP contribution in [0.15, 0.2) is 6.07 Å². The SMILES string of the molecule is Cc1cc(NC2CCNCC2)nc(Cl)n1.Cl. The summed E-state index contributed by atoms with van der Waals surface area (Å²) in [7, 11) is 0. The molecule has 6 heteroatoms. The highest BCUT2D eigenvalue weighted by molar-refractivity contribution is 6.28. The van der Waals surface area contributed by atoms with Crippen LogP contribution in [0, 0.1) is 6.92 Å². The second kappa shape index (κ2) is 6.23. The Hall–Kier alpha value is -0.580. The van der Waals surface area contributed by atoms with E-state index in [2.05, 4.69) is 20.6 Å². The zero-order valence-corrected chi connectivity index (χ0v) is 10.7. The standard InChI is InChI=1S/C10H15ClN4.ClH/c1-7-6-9(15-10(11)13-7)14-8-2-4-12-5-3-8;/h6,8,12H,2-5H2,1H3,(H,13,14,15);1H. The van der Waals surface area contributed by atoms with Crippen LogP contribution in [-0.4, -0.2) is 29.1 Å². The van der Waals surface area contributed by atoms with E-state index in [0.717, 1.165) is 37.4 Å². The first kappa shape index (κ1) is 13.5. The van der Waals surface area contributed by atoms with Gasteiger partial charge in [-0.15, -0.1) is 12.4 Å². The van der Waals surface area contributed by atoms with Crippen LogP contribution in [0.4, 0.5) is 5.82 Å². The van der Waals surface area contributed by atoms with Crippen molar-refractivity contribution in [3.63, 3.8) is 0 Å². The number of hydrogen-bond donors (Lipinski definition) is 2. The molecule has 0 radical (unpaired) electrons. The monoisotopic (exact) mass is 262 g/mol. The fourth-order valence-electron chi connectivity index (χ4n) is 1.78. The Labute approximate surface area is 107 Å². The van der Waals surface area contributed by atoms with Crippen LogP contribution in [0.25, 0.3) is 0 Å². The minimum absolute atomic E-state index is 0. The molecule has 1 aromatic rings. The first-order valence-corrected chi connectivity index (χ1v) is 5.60. The van der Waals surface area contributed by atoms with Gasteiger partial charge in [0, 0.05) is 17.8 Å². The Morgan fingerprint density at radius 2 is 2.06 bits per heavy atom. The van der Waals surface area contributed by atoms with Crippen LogP contribution in [0.5, 0.6) is 0 Å². The van der Waals surface area contributed by atoms with Crippen molar-refractivity contribution in [2.24, 2.45) is 0 Å². The maximum Gasteiger partial charge on any atom is 0.224 e. The average Bonchev–Trinajstić information content (AvgIpc) is 2.17. The van der Waals surface area contributed by atoms with E-state index in [1.54, 1.807) is 0 Å². The van der Waals surface area contributed by atoms with E-state index in [1.807, 2.05) is 13.0 Å². The van der Waals surface area contributed by atoms with E-state index in [4.69, 9.17) is 11.6 Å². The van der Waals surface area contributed by atoms with Crippen molar-refractivity contribution in [3.05, 3.63) is 17.0 Å². The van der Waals surface area contributed by atoms with Crippen molar-refractivity contribution in [2.75, 3.05) is 18.4 Å². The lowest BCUT2D eigenvalue weighted by Crippen LogP contribution is -2.35. The van der Waals surface area contributed by atoms with Gasteiger partial charge in [0.25, 0.3) is 0 Å². The molecule has 1 aliphatic rings. The van der Waals surface area contributed by atoms with Gasteiger partial charge in [0.2, 0.25) is 5.28 Å². The molecule has 0 unspecified atom stereocenters. The largest absolute Gasteiger partial charge is 0.367 e. The molecule has 1 fully saturated rings. The number of nitrogens with zero attached hydrogens (tertiary/aromatic N) is 2. The quantitative estimate of drug-likeness (QED) is 0.801. The molecule has 0 aliphatic carbocycles. The van der Waals surface area contributed by atoms with Gasteiger partial charge < -0.3 is 10.6 Å². The van der Waals surface area contributed by atoms with Gasteiger partial charge in [-0.1, -0.05) is 0 Å². The predicted octanol–water partition coefficient (Wildman–Crippen LogP) is 2.02. The molecular weight excluding hydrogens is 247 g/mol. The van der Waals surface area contributed by atoms with Gasteiger partial charge in [-0.3, -0.25) is 0 Å². The third kappa shape index (κ3) is 3.77. The van der Waals surface area contributed by atoms with Crippen molar-refractivity contribution >= 4 is 29.8 Å². The van der Waals surface area contributed by atoms with Crippen LogP contribution in [-0.2, 0) is 0 Å². The van der Waals surface area contributed by atoms with E-state index < -0.39 is 0 Å². The summed E-state index contributed by atoms with van der Waals surface area (Å²) in [5, 5.41) is 7.02. The molecule has 0 spiro atoms. The molecule has 0 bridgehead atoms. The summed E-state index contributed by atoms with van der Waals surface area (Å²) in [6.45, 7) is 4.05. The second-order valence-corrected chi connectivity index (χ2v) is 4.17. The molecule has 4 nitrogen and oxygen atoms in total. The van der Waals surface area contributed by atoms with Crippen molar-refractivity contribution in [1.29, 1.82) is 0 Å². The maximum absolute atomic E-state index is 5.79. The summed E-state index contributed by atoms with van der Waals surface area (Å²) in [5.41, 5.74) is 0.895. The van der Waals surface area contributed by atoms with Gasteiger partial charge in [-0.05, 0) is 44.5 Å². The fourth-order valence-corrected chi connectivity index (χ4v) is 2.01. The minimum Gasteiger partial charge on any atom is -0.367 e. The van der Waals surface area contributed by atoms with Gasteiger partial charge in [-0.25, -0.2) is 9.97 Å². The summed E-state index contributed by atoms with van der Waals surface area (Å²) >= 11 is 5.79. The lowest BCUT2D eigenvalue weighted by atomic mass is 10.1. The van der Waals surface area contributed by atoms with E-state index in [0.29, 0.717) is 11.3 Å². The summed E-state index contributed by atoms with van der Waals surface area (Å²) < 4.78 is 0. The highest BCUT2D eigenvalue weighted by Crippen LogP contribution is 2.14. The number of anilines is 1. The van der Waals surface area contributed by atoms with Crippen molar-refractivity contribution in [3.8, 4) is 0 Å². The fraction of sp³-hybridized carbons (Fsp3) is 0.600. The predicted molar refractivity (Wildman–Crippen MR) is 68.5 cm³/mol. The van der Waals surface area contributed by atoms with Crippen molar-refractivity contribution in [1.82, 2.24) is 15.3 Å². The van der Waals surface area contributed by atoms with Crippen LogP contribution >= 0.6 is 24.0 Å². The van der Waals surface area contributed by atoms with Gasteiger partial charge in [-0.2, -0.15) is 0 Å². The third-order valence-corrected chi connectivity index (χ3v) is 2.69. The Morgan fingerprint density at radius 1 is 1.38 bits per heavy atom. The normalized spacial score (nSPS) is 16.6.